The molecule has 0 aromatic carbocycles. The van der Waals surface area contributed by atoms with Gasteiger partial charge in [0.2, 0.25) is 0 Å². The Morgan fingerprint density at radius 2 is 2.38 bits per heavy atom. The maximum absolute atomic E-state index is 10.8. The highest BCUT2D eigenvalue weighted by molar-refractivity contribution is 5.66. The van der Waals surface area contributed by atoms with Crippen LogP contribution in [-0.2, 0) is 4.74 Å². The molecular weight excluding hydrogens is 172 g/mol. The van der Waals surface area contributed by atoms with Crippen LogP contribution in [0.25, 0.3) is 10.4 Å². The van der Waals surface area contributed by atoms with Gasteiger partial charge in [0.25, 0.3) is 0 Å². The summed E-state index contributed by atoms with van der Waals surface area (Å²) in [7, 11) is 0. The number of hydrogen-bond donors (Lipinski definition) is 1. The number of azide groups is 1. The van der Waals surface area contributed by atoms with Crippen molar-refractivity contribution in [2.24, 2.45) is 5.11 Å². The van der Waals surface area contributed by atoms with Crippen LogP contribution in [0.1, 0.15) is 26.2 Å². The number of carbonyl (C=O) groups is 1. The fourth-order valence-corrected chi connectivity index (χ4v) is 0.730. The van der Waals surface area contributed by atoms with Crippen molar-refractivity contribution < 1.29 is 9.53 Å². The monoisotopic (exact) mass is 186 g/mol. The lowest BCUT2D eigenvalue weighted by molar-refractivity contribution is 0.149. The lowest BCUT2D eigenvalue weighted by Gasteiger charge is -2.03. The normalized spacial score (nSPS) is 8.69. The number of ether oxygens (including phenoxy) is 1. The third-order valence-corrected chi connectivity index (χ3v) is 1.37. The zero-order valence-corrected chi connectivity index (χ0v) is 7.69. The fraction of sp³-hybridized carbons (Fsp3) is 0.857. The highest BCUT2D eigenvalue weighted by atomic mass is 16.6. The molecule has 0 aromatic rings. The average molecular weight is 186 g/mol. The zero-order chi connectivity index (χ0) is 9.94. The molecule has 0 fully saturated rings. The molecule has 0 saturated heterocycles. The molecule has 13 heavy (non-hydrogen) atoms. The summed E-state index contributed by atoms with van der Waals surface area (Å²) in [5, 5.41) is 5.59. The van der Waals surface area contributed by atoms with Crippen LogP contribution in [0.15, 0.2) is 5.11 Å². The summed E-state index contributed by atoms with van der Waals surface area (Å²) in [6.07, 6.45) is 2.59. The summed E-state index contributed by atoms with van der Waals surface area (Å²) < 4.78 is 4.49. The quantitative estimate of drug-likeness (QED) is 0.298. The van der Waals surface area contributed by atoms with E-state index in [1.807, 2.05) is 0 Å². The van der Waals surface area contributed by atoms with Crippen LogP contribution in [0, 0.1) is 0 Å². The van der Waals surface area contributed by atoms with Crippen molar-refractivity contribution in [1.82, 2.24) is 5.32 Å². The molecule has 1 N–H and O–H groups in total. The molecular formula is C7H14N4O2. The number of rotatable bonds is 6. The number of alkyl carbamates (subject to hydrolysis) is 1. The van der Waals surface area contributed by atoms with Crippen molar-refractivity contribution in [3.05, 3.63) is 10.4 Å². The molecule has 6 heteroatoms. The molecule has 1 amide bonds. The van der Waals surface area contributed by atoms with Crippen LogP contribution in [-0.4, -0.2) is 19.4 Å². The van der Waals surface area contributed by atoms with Crippen LogP contribution in [0.2, 0.25) is 0 Å². The predicted molar refractivity (Wildman–Crippen MR) is 48.0 cm³/mol. The molecule has 0 saturated carbocycles. The molecule has 0 aliphatic heterocycles. The van der Waals surface area contributed by atoms with Crippen molar-refractivity contribution in [3.63, 3.8) is 0 Å². The minimum Gasteiger partial charge on any atom is -0.443 e. The SMILES string of the molecule is CCCCCNC(=O)OCN=[N+]=[N-]. The average Bonchev–Trinajstić information content (AvgIpc) is 2.13. The van der Waals surface area contributed by atoms with Gasteiger partial charge in [-0.1, -0.05) is 24.9 Å². The lowest BCUT2D eigenvalue weighted by Crippen LogP contribution is -2.25. The summed E-state index contributed by atoms with van der Waals surface area (Å²) in [6.45, 7) is 2.43. The number of unbranched alkanes of at least 4 members (excludes halogenated alkanes) is 2. The van der Waals surface area contributed by atoms with E-state index < -0.39 is 6.09 Å². The van der Waals surface area contributed by atoms with Gasteiger partial charge in [-0.15, -0.1) is 0 Å². The van der Waals surface area contributed by atoms with Gasteiger partial charge in [-0.2, -0.15) is 0 Å². The van der Waals surface area contributed by atoms with E-state index in [1.54, 1.807) is 0 Å². The van der Waals surface area contributed by atoms with E-state index in [4.69, 9.17) is 5.53 Å². The van der Waals surface area contributed by atoms with Crippen molar-refractivity contribution in [2.45, 2.75) is 26.2 Å². The molecule has 0 bridgehead atoms. The molecule has 0 aromatic heterocycles. The fourth-order valence-electron chi connectivity index (χ4n) is 0.730. The summed E-state index contributed by atoms with van der Waals surface area (Å²) in [5.41, 5.74) is 7.87. The Morgan fingerprint density at radius 3 is 3.00 bits per heavy atom. The van der Waals surface area contributed by atoms with Gasteiger partial charge in [0.1, 0.15) is 0 Å². The van der Waals surface area contributed by atoms with Crippen molar-refractivity contribution in [3.8, 4) is 0 Å². The molecule has 0 aliphatic rings. The van der Waals surface area contributed by atoms with E-state index in [0.29, 0.717) is 6.54 Å². The van der Waals surface area contributed by atoms with Gasteiger partial charge in [-0.05, 0) is 12.0 Å². The Bertz CT molecular complexity index is 189. The topological polar surface area (TPSA) is 87.1 Å². The summed E-state index contributed by atoms with van der Waals surface area (Å²) >= 11 is 0. The van der Waals surface area contributed by atoms with Gasteiger partial charge in [0, 0.05) is 11.5 Å². The molecule has 0 radical (unpaired) electrons. The van der Waals surface area contributed by atoms with Gasteiger partial charge in [0.05, 0.1) is 0 Å². The number of nitrogens with one attached hydrogen (secondary N) is 1. The van der Waals surface area contributed by atoms with E-state index in [0.717, 1.165) is 19.3 Å². The van der Waals surface area contributed by atoms with E-state index >= 15 is 0 Å². The second kappa shape index (κ2) is 8.67. The maximum atomic E-state index is 10.8. The first-order chi connectivity index (χ1) is 6.31. The predicted octanol–water partition coefficient (Wildman–Crippen LogP) is 2.17. The Labute approximate surface area is 76.9 Å². The summed E-state index contributed by atoms with van der Waals surface area (Å²) in [6, 6.07) is 0. The summed E-state index contributed by atoms with van der Waals surface area (Å²) in [5.74, 6) is 0. The minimum absolute atomic E-state index is 0.254. The molecule has 74 valence electrons. The maximum Gasteiger partial charge on any atom is 0.407 e. The van der Waals surface area contributed by atoms with Crippen LogP contribution in [0.4, 0.5) is 4.79 Å². The zero-order valence-electron chi connectivity index (χ0n) is 7.69. The summed E-state index contributed by atoms with van der Waals surface area (Å²) in [4.78, 5) is 13.2. The highest BCUT2D eigenvalue weighted by Gasteiger charge is 1.97. The minimum atomic E-state index is -0.538. The first-order valence-corrected chi connectivity index (χ1v) is 4.22. The second-order valence-electron chi connectivity index (χ2n) is 2.43. The van der Waals surface area contributed by atoms with Crippen molar-refractivity contribution >= 4 is 6.09 Å². The van der Waals surface area contributed by atoms with E-state index in [1.165, 1.54) is 0 Å². The Hall–Kier alpha value is -1.42. The molecule has 6 nitrogen and oxygen atoms in total. The van der Waals surface area contributed by atoms with Crippen LogP contribution >= 0.6 is 0 Å². The largest absolute Gasteiger partial charge is 0.443 e. The van der Waals surface area contributed by atoms with Gasteiger partial charge in [-0.3, -0.25) is 0 Å². The third kappa shape index (κ3) is 8.49. The Morgan fingerprint density at radius 1 is 1.62 bits per heavy atom. The molecule has 0 rings (SSSR count). The Balaban J connectivity index is 3.25. The molecule has 0 aliphatic carbocycles. The van der Waals surface area contributed by atoms with Crippen LogP contribution < -0.4 is 5.32 Å². The second-order valence-corrected chi connectivity index (χ2v) is 2.43. The number of amides is 1. The molecule has 0 unspecified atom stereocenters. The highest BCUT2D eigenvalue weighted by Crippen LogP contribution is 1.91. The van der Waals surface area contributed by atoms with Crippen molar-refractivity contribution in [1.29, 1.82) is 0 Å². The smallest absolute Gasteiger partial charge is 0.407 e. The Kier molecular flexibility index (Phi) is 7.73. The van der Waals surface area contributed by atoms with Crippen molar-refractivity contribution in [2.75, 3.05) is 13.3 Å². The van der Waals surface area contributed by atoms with Gasteiger partial charge in [-0.25, -0.2) is 4.79 Å². The van der Waals surface area contributed by atoms with E-state index in [9.17, 15) is 4.79 Å². The number of nitrogens with zero attached hydrogens (tertiary/aromatic N) is 3. The van der Waals surface area contributed by atoms with Crippen LogP contribution in [0.3, 0.4) is 0 Å². The molecule has 0 spiro atoms. The molecule has 0 heterocycles. The number of carbonyl (C=O) groups excluding carboxylic acids is 1. The molecule has 0 atom stereocenters. The lowest BCUT2D eigenvalue weighted by atomic mass is 10.2. The van der Waals surface area contributed by atoms with Gasteiger partial charge in [0.15, 0.2) is 6.73 Å². The third-order valence-electron chi connectivity index (χ3n) is 1.37. The van der Waals surface area contributed by atoms with Gasteiger partial charge < -0.3 is 10.1 Å². The first-order valence-electron chi connectivity index (χ1n) is 4.22. The van der Waals surface area contributed by atoms with Crippen LogP contribution in [0.5, 0.6) is 0 Å². The standard InChI is InChI=1S/C7H14N4O2/c1-2-3-4-5-9-7(12)13-6-10-11-8/h2-6H2,1H3,(H,9,12). The number of hydrogen-bond acceptors (Lipinski definition) is 3. The van der Waals surface area contributed by atoms with E-state index in [-0.39, 0.29) is 6.73 Å². The van der Waals surface area contributed by atoms with E-state index in [2.05, 4.69) is 27.0 Å². The van der Waals surface area contributed by atoms with Gasteiger partial charge >= 0.3 is 6.09 Å². The first kappa shape index (κ1) is 11.6.